The number of nitrogens with zero attached hydrogens (tertiary/aromatic N) is 3. The molecule has 1 aliphatic rings. The van der Waals surface area contributed by atoms with Crippen LogP contribution >= 0.6 is 0 Å². The van der Waals surface area contributed by atoms with Crippen molar-refractivity contribution in [3.05, 3.63) is 64.2 Å². The molecule has 7 heteroatoms. The molecule has 1 heterocycles. The molecule has 0 unspecified atom stereocenters. The summed E-state index contributed by atoms with van der Waals surface area (Å²) in [6, 6.07) is 14.3. The minimum atomic E-state index is -0.428. The van der Waals surface area contributed by atoms with Crippen molar-refractivity contribution in [3.8, 4) is 0 Å². The second-order valence-electron chi connectivity index (χ2n) is 5.36. The lowest BCUT2D eigenvalue weighted by Crippen LogP contribution is -2.36. The fraction of sp³-hybridized carbons (Fsp3) is 0.235. The van der Waals surface area contributed by atoms with Gasteiger partial charge in [0.1, 0.15) is 0 Å². The number of rotatable bonds is 5. The number of anilines is 2. The highest BCUT2D eigenvalue weighted by Gasteiger charge is 2.10. The number of nitro benzene ring substituents is 1. The van der Waals surface area contributed by atoms with E-state index in [1.54, 1.807) is 18.3 Å². The summed E-state index contributed by atoms with van der Waals surface area (Å²) in [4.78, 5) is 12.5. The number of nitrogens with one attached hydrogen (secondary N) is 1. The first-order valence-electron chi connectivity index (χ1n) is 7.69. The summed E-state index contributed by atoms with van der Waals surface area (Å²) < 4.78 is 5.35. The van der Waals surface area contributed by atoms with Crippen LogP contribution < -0.4 is 10.3 Å². The Kier molecular flexibility index (Phi) is 5.02. The molecule has 124 valence electrons. The van der Waals surface area contributed by atoms with E-state index >= 15 is 0 Å². The molecule has 7 nitrogen and oxygen atoms in total. The fourth-order valence-electron chi connectivity index (χ4n) is 2.43. The van der Waals surface area contributed by atoms with Gasteiger partial charge in [0.25, 0.3) is 5.69 Å². The molecule has 0 spiro atoms. The second kappa shape index (κ2) is 7.56. The summed E-state index contributed by atoms with van der Waals surface area (Å²) in [5.41, 5.74) is 5.76. The lowest BCUT2D eigenvalue weighted by Gasteiger charge is -2.28. The highest BCUT2D eigenvalue weighted by molar-refractivity contribution is 5.81. The Morgan fingerprint density at radius 1 is 1.08 bits per heavy atom. The molecule has 0 bridgehead atoms. The van der Waals surface area contributed by atoms with Crippen LogP contribution in [0.1, 0.15) is 5.56 Å². The fourth-order valence-corrected chi connectivity index (χ4v) is 2.43. The van der Waals surface area contributed by atoms with E-state index in [2.05, 4.69) is 27.6 Å². The molecule has 2 aromatic rings. The Morgan fingerprint density at radius 2 is 1.75 bits per heavy atom. The quantitative estimate of drug-likeness (QED) is 0.519. The van der Waals surface area contributed by atoms with Crippen molar-refractivity contribution < 1.29 is 9.66 Å². The third-order valence-corrected chi connectivity index (χ3v) is 3.75. The van der Waals surface area contributed by atoms with Gasteiger partial charge in [0, 0.05) is 30.9 Å². The number of ether oxygens (including phenoxy) is 1. The summed E-state index contributed by atoms with van der Waals surface area (Å²) in [5.74, 6) is 0. The Morgan fingerprint density at radius 3 is 2.38 bits per heavy atom. The molecule has 1 saturated heterocycles. The van der Waals surface area contributed by atoms with Gasteiger partial charge in [-0.05, 0) is 29.8 Å². The van der Waals surface area contributed by atoms with Crippen LogP contribution in [0.3, 0.4) is 0 Å². The maximum atomic E-state index is 10.6. The van der Waals surface area contributed by atoms with Crippen LogP contribution in [0.5, 0.6) is 0 Å². The second-order valence-corrected chi connectivity index (χ2v) is 5.36. The van der Waals surface area contributed by atoms with Crippen LogP contribution in [0.25, 0.3) is 0 Å². The molecule has 0 radical (unpaired) electrons. The molecule has 2 aromatic carbocycles. The Bertz CT molecular complexity index is 708. The van der Waals surface area contributed by atoms with Crippen molar-refractivity contribution in [1.29, 1.82) is 0 Å². The van der Waals surface area contributed by atoms with Crippen LogP contribution in [0, 0.1) is 10.1 Å². The number of hydrogen-bond donors (Lipinski definition) is 1. The van der Waals surface area contributed by atoms with Crippen molar-refractivity contribution in [3.63, 3.8) is 0 Å². The molecule has 3 rings (SSSR count). The molecule has 1 N–H and O–H groups in total. The average Bonchev–Trinajstić information content (AvgIpc) is 2.63. The number of morpholine rings is 1. The average molecular weight is 326 g/mol. The predicted molar refractivity (Wildman–Crippen MR) is 93.8 cm³/mol. The largest absolute Gasteiger partial charge is 0.378 e. The Hall–Kier alpha value is -2.93. The van der Waals surface area contributed by atoms with Crippen molar-refractivity contribution in [1.82, 2.24) is 0 Å². The van der Waals surface area contributed by atoms with Crippen LogP contribution in [0.4, 0.5) is 17.1 Å². The number of nitro groups is 1. The van der Waals surface area contributed by atoms with Crippen LogP contribution in [-0.2, 0) is 4.74 Å². The number of non-ortho nitro benzene ring substituents is 1. The standard InChI is InChI=1S/C17H18N4O3/c22-21(23)17-7-3-15(4-8-17)19-18-13-14-1-5-16(6-2-14)20-9-11-24-12-10-20/h1-8,13,19H,9-12H2. The van der Waals surface area contributed by atoms with Gasteiger partial charge in [-0.2, -0.15) is 5.10 Å². The van der Waals surface area contributed by atoms with Gasteiger partial charge in [-0.3, -0.25) is 15.5 Å². The van der Waals surface area contributed by atoms with Gasteiger partial charge in [-0.25, -0.2) is 0 Å². The van der Waals surface area contributed by atoms with Crippen LogP contribution in [-0.4, -0.2) is 37.4 Å². The van der Waals surface area contributed by atoms with Gasteiger partial charge in [0.05, 0.1) is 30.0 Å². The first kappa shape index (κ1) is 15.9. The highest BCUT2D eigenvalue weighted by Crippen LogP contribution is 2.17. The zero-order chi connectivity index (χ0) is 16.8. The molecule has 0 amide bonds. The predicted octanol–water partition coefficient (Wildman–Crippen LogP) is 2.88. The summed E-state index contributed by atoms with van der Waals surface area (Å²) in [6.07, 6.45) is 1.71. The van der Waals surface area contributed by atoms with Crippen molar-refractivity contribution >= 4 is 23.3 Å². The van der Waals surface area contributed by atoms with Crippen molar-refractivity contribution in [2.45, 2.75) is 0 Å². The lowest BCUT2D eigenvalue weighted by molar-refractivity contribution is -0.384. The van der Waals surface area contributed by atoms with E-state index in [4.69, 9.17) is 4.74 Å². The molecule has 1 fully saturated rings. The van der Waals surface area contributed by atoms with Gasteiger partial charge in [0.2, 0.25) is 0 Å². The minimum absolute atomic E-state index is 0.0585. The monoisotopic (exact) mass is 326 g/mol. The van der Waals surface area contributed by atoms with Gasteiger partial charge >= 0.3 is 0 Å². The Labute approximate surface area is 139 Å². The van der Waals surface area contributed by atoms with E-state index in [1.807, 2.05) is 12.1 Å². The topological polar surface area (TPSA) is 80.0 Å². The number of hydrazone groups is 1. The van der Waals surface area contributed by atoms with Gasteiger partial charge in [-0.15, -0.1) is 0 Å². The first-order valence-corrected chi connectivity index (χ1v) is 7.69. The van der Waals surface area contributed by atoms with E-state index in [-0.39, 0.29) is 5.69 Å². The van der Waals surface area contributed by atoms with Crippen molar-refractivity contribution in [2.75, 3.05) is 36.6 Å². The maximum absolute atomic E-state index is 10.6. The molecule has 1 aliphatic heterocycles. The molecule has 0 atom stereocenters. The first-order chi connectivity index (χ1) is 11.7. The summed E-state index contributed by atoms with van der Waals surface area (Å²) in [5, 5.41) is 14.7. The number of benzene rings is 2. The van der Waals surface area contributed by atoms with Gasteiger partial charge in [0.15, 0.2) is 0 Å². The summed E-state index contributed by atoms with van der Waals surface area (Å²) >= 11 is 0. The van der Waals surface area contributed by atoms with Gasteiger partial charge in [-0.1, -0.05) is 12.1 Å². The molecule has 0 aliphatic carbocycles. The highest BCUT2D eigenvalue weighted by atomic mass is 16.6. The van der Waals surface area contributed by atoms with E-state index < -0.39 is 4.92 Å². The van der Waals surface area contributed by atoms with E-state index in [0.29, 0.717) is 5.69 Å². The molecule has 0 aromatic heterocycles. The third-order valence-electron chi connectivity index (χ3n) is 3.75. The molecule has 24 heavy (non-hydrogen) atoms. The summed E-state index contributed by atoms with van der Waals surface area (Å²) in [6.45, 7) is 3.36. The van der Waals surface area contributed by atoms with E-state index in [0.717, 1.165) is 31.9 Å². The van der Waals surface area contributed by atoms with Gasteiger partial charge < -0.3 is 9.64 Å². The molecular weight excluding hydrogens is 308 g/mol. The minimum Gasteiger partial charge on any atom is -0.378 e. The number of hydrogen-bond acceptors (Lipinski definition) is 6. The third kappa shape index (κ3) is 4.08. The van der Waals surface area contributed by atoms with E-state index in [1.165, 1.54) is 17.8 Å². The SMILES string of the molecule is O=[N+]([O-])c1ccc(NN=Cc2ccc(N3CCOCC3)cc2)cc1. The van der Waals surface area contributed by atoms with Crippen molar-refractivity contribution in [2.24, 2.45) is 5.10 Å². The molecule has 0 saturated carbocycles. The lowest BCUT2D eigenvalue weighted by atomic mass is 10.2. The summed E-state index contributed by atoms with van der Waals surface area (Å²) in [7, 11) is 0. The maximum Gasteiger partial charge on any atom is 0.269 e. The zero-order valence-electron chi connectivity index (χ0n) is 13.1. The molecular formula is C17H18N4O3. The smallest absolute Gasteiger partial charge is 0.269 e. The normalized spacial score (nSPS) is 14.8. The van der Waals surface area contributed by atoms with E-state index in [9.17, 15) is 10.1 Å². The Balaban J connectivity index is 1.57. The van der Waals surface area contributed by atoms with Crippen LogP contribution in [0.2, 0.25) is 0 Å². The van der Waals surface area contributed by atoms with Crippen LogP contribution in [0.15, 0.2) is 53.6 Å². The zero-order valence-corrected chi connectivity index (χ0v) is 13.1.